The molecular weight excluding hydrogens is 342 g/mol. The van der Waals surface area contributed by atoms with Crippen molar-refractivity contribution >= 4 is 17.5 Å². The van der Waals surface area contributed by atoms with E-state index in [1.54, 1.807) is 13.1 Å². The molecule has 0 spiro atoms. The highest BCUT2D eigenvalue weighted by molar-refractivity contribution is 5.98. The molecule has 1 unspecified atom stereocenters. The lowest BCUT2D eigenvalue weighted by Gasteiger charge is -2.23. The van der Waals surface area contributed by atoms with Crippen LogP contribution in [-0.2, 0) is 4.79 Å². The SMILES string of the molecule is Cc1cccc(C)c1NC(=O)CN(C)C(=O)c1ccn(C2CCCNC2)n1. The fourth-order valence-electron chi connectivity index (χ4n) is 3.39. The van der Waals surface area contributed by atoms with Gasteiger partial charge in [-0.15, -0.1) is 0 Å². The lowest BCUT2D eigenvalue weighted by Crippen LogP contribution is -2.35. The van der Waals surface area contributed by atoms with Gasteiger partial charge in [-0.05, 0) is 50.4 Å². The van der Waals surface area contributed by atoms with Gasteiger partial charge in [-0.1, -0.05) is 18.2 Å². The quantitative estimate of drug-likeness (QED) is 0.846. The van der Waals surface area contributed by atoms with Gasteiger partial charge in [-0.3, -0.25) is 14.3 Å². The molecule has 144 valence electrons. The second-order valence-electron chi connectivity index (χ2n) is 7.16. The van der Waals surface area contributed by atoms with E-state index in [2.05, 4.69) is 15.7 Å². The molecule has 2 heterocycles. The topological polar surface area (TPSA) is 79.3 Å². The minimum Gasteiger partial charge on any atom is -0.331 e. The summed E-state index contributed by atoms with van der Waals surface area (Å²) in [6, 6.07) is 7.84. The lowest BCUT2D eigenvalue weighted by molar-refractivity contribution is -0.116. The summed E-state index contributed by atoms with van der Waals surface area (Å²) >= 11 is 0. The minimum absolute atomic E-state index is 0.0234. The summed E-state index contributed by atoms with van der Waals surface area (Å²) < 4.78 is 1.85. The van der Waals surface area contributed by atoms with Gasteiger partial charge in [0.25, 0.3) is 5.91 Å². The molecule has 7 heteroatoms. The van der Waals surface area contributed by atoms with Crippen LogP contribution in [0.4, 0.5) is 5.69 Å². The van der Waals surface area contributed by atoms with E-state index in [1.165, 1.54) is 4.90 Å². The van der Waals surface area contributed by atoms with Crippen LogP contribution in [0.2, 0.25) is 0 Å². The Balaban J connectivity index is 1.60. The highest BCUT2D eigenvalue weighted by Gasteiger charge is 2.21. The predicted octanol–water partition coefficient (Wildman–Crippen LogP) is 2.14. The van der Waals surface area contributed by atoms with Crippen molar-refractivity contribution in [1.29, 1.82) is 0 Å². The Hall–Kier alpha value is -2.67. The standard InChI is InChI=1S/C20H27N5O2/c1-14-6-4-7-15(2)19(14)22-18(26)13-24(3)20(27)17-9-11-25(23-17)16-8-5-10-21-12-16/h4,6-7,9,11,16,21H,5,8,10,12-13H2,1-3H3,(H,22,26). The summed E-state index contributed by atoms with van der Waals surface area (Å²) in [6.45, 7) is 5.77. The lowest BCUT2D eigenvalue weighted by atomic mass is 10.1. The van der Waals surface area contributed by atoms with Gasteiger partial charge in [0.05, 0.1) is 12.6 Å². The number of piperidine rings is 1. The number of anilines is 1. The first-order valence-corrected chi connectivity index (χ1v) is 9.33. The second kappa shape index (κ2) is 8.35. The van der Waals surface area contributed by atoms with Crippen LogP contribution in [0.25, 0.3) is 0 Å². The maximum Gasteiger partial charge on any atom is 0.274 e. The van der Waals surface area contributed by atoms with Crippen LogP contribution >= 0.6 is 0 Å². The summed E-state index contributed by atoms with van der Waals surface area (Å²) in [6.07, 6.45) is 4.00. The molecule has 27 heavy (non-hydrogen) atoms. The average molecular weight is 369 g/mol. The van der Waals surface area contributed by atoms with Crippen LogP contribution in [0.15, 0.2) is 30.5 Å². The molecule has 7 nitrogen and oxygen atoms in total. The molecule has 3 rings (SSSR count). The van der Waals surface area contributed by atoms with Gasteiger partial charge in [0.15, 0.2) is 0 Å². The van der Waals surface area contributed by atoms with Crippen molar-refractivity contribution in [2.24, 2.45) is 0 Å². The normalized spacial score (nSPS) is 16.8. The van der Waals surface area contributed by atoms with Crippen LogP contribution in [-0.4, -0.2) is 53.2 Å². The number of para-hydroxylation sites is 1. The van der Waals surface area contributed by atoms with Crippen molar-refractivity contribution in [2.75, 3.05) is 32.0 Å². The number of carbonyl (C=O) groups excluding carboxylic acids is 2. The van der Waals surface area contributed by atoms with E-state index in [9.17, 15) is 9.59 Å². The Morgan fingerprint density at radius 2 is 2.04 bits per heavy atom. The molecule has 1 aromatic carbocycles. The first-order chi connectivity index (χ1) is 13.0. The molecule has 1 aromatic heterocycles. The van der Waals surface area contributed by atoms with Crippen molar-refractivity contribution in [3.05, 3.63) is 47.3 Å². The number of aryl methyl sites for hydroxylation is 2. The number of carbonyl (C=O) groups is 2. The Morgan fingerprint density at radius 1 is 1.30 bits per heavy atom. The number of aromatic nitrogens is 2. The molecule has 2 N–H and O–H groups in total. The van der Waals surface area contributed by atoms with Gasteiger partial charge in [0.2, 0.25) is 5.91 Å². The smallest absolute Gasteiger partial charge is 0.274 e. The van der Waals surface area contributed by atoms with Gasteiger partial charge in [0.1, 0.15) is 5.69 Å². The van der Waals surface area contributed by atoms with E-state index in [0.29, 0.717) is 5.69 Å². The number of amides is 2. The van der Waals surface area contributed by atoms with Gasteiger partial charge in [0, 0.05) is 25.5 Å². The second-order valence-corrected chi connectivity index (χ2v) is 7.16. The zero-order valence-corrected chi connectivity index (χ0v) is 16.2. The minimum atomic E-state index is -0.255. The van der Waals surface area contributed by atoms with Crippen molar-refractivity contribution < 1.29 is 9.59 Å². The fourth-order valence-corrected chi connectivity index (χ4v) is 3.39. The van der Waals surface area contributed by atoms with Crippen LogP contribution in [0.1, 0.15) is 40.5 Å². The molecule has 0 saturated carbocycles. The van der Waals surface area contributed by atoms with Crippen molar-refractivity contribution in [2.45, 2.75) is 32.7 Å². The molecule has 1 atom stereocenters. The first kappa shape index (κ1) is 19.1. The third kappa shape index (κ3) is 4.54. The molecule has 0 aliphatic carbocycles. The highest BCUT2D eigenvalue weighted by Crippen LogP contribution is 2.19. The van der Waals surface area contributed by atoms with Gasteiger partial charge in [-0.2, -0.15) is 5.10 Å². The third-order valence-corrected chi connectivity index (χ3v) is 4.95. The Bertz CT molecular complexity index is 803. The average Bonchev–Trinajstić information content (AvgIpc) is 3.15. The van der Waals surface area contributed by atoms with E-state index < -0.39 is 0 Å². The Kier molecular flexibility index (Phi) is 5.91. The molecule has 1 aliphatic rings. The number of nitrogens with one attached hydrogen (secondary N) is 2. The number of rotatable bonds is 5. The molecule has 1 saturated heterocycles. The van der Waals surface area contributed by atoms with Gasteiger partial charge < -0.3 is 15.5 Å². The van der Waals surface area contributed by atoms with Crippen molar-refractivity contribution in [3.63, 3.8) is 0 Å². The Morgan fingerprint density at radius 3 is 2.70 bits per heavy atom. The molecule has 1 fully saturated rings. The zero-order valence-electron chi connectivity index (χ0n) is 16.2. The number of hydrogen-bond acceptors (Lipinski definition) is 4. The molecule has 1 aliphatic heterocycles. The maximum absolute atomic E-state index is 12.6. The van der Waals surface area contributed by atoms with Crippen molar-refractivity contribution in [3.8, 4) is 0 Å². The molecule has 0 bridgehead atoms. The number of hydrogen-bond donors (Lipinski definition) is 2. The van der Waals surface area contributed by atoms with E-state index in [4.69, 9.17) is 0 Å². The van der Waals surface area contributed by atoms with Gasteiger partial charge in [-0.25, -0.2) is 0 Å². The van der Waals surface area contributed by atoms with E-state index >= 15 is 0 Å². The zero-order chi connectivity index (χ0) is 19.4. The molecule has 0 radical (unpaired) electrons. The Labute approximate surface area is 159 Å². The van der Waals surface area contributed by atoms with Crippen LogP contribution in [0, 0.1) is 13.8 Å². The predicted molar refractivity (Wildman–Crippen MR) is 105 cm³/mol. The van der Waals surface area contributed by atoms with E-state index in [1.807, 2.05) is 42.9 Å². The van der Waals surface area contributed by atoms with E-state index in [0.717, 1.165) is 42.7 Å². The summed E-state index contributed by atoms with van der Waals surface area (Å²) in [7, 11) is 1.62. The fraction of sp³-hybridized carbons (Fsp3) is 0.450. The first-order valence-electron chi connectivity index (χ1n) is 9.33. The number of nitrogens with zero attached hydrogens (tertiary/aromatic N) is 3. The highest BCUT2D eigenvalue weighted by atomic mass is 16.2. The molecular formula is C20H27N5O2. The summed E-state index contributed by atoms with van der Waals surface area (Å²) in [5.74, 6) is -0.478. The molecule has 2 amide bonds. The molecule has 2 aromatic rings. The summed E-state index contributed by atoms with van der Waals surface area (Å²) in [4.78, 5) is 26.4. The van der Waals surface area contributed by atoms with Crippen LogP contribution in [0.3, 0.4) is 0 Å². The third-order valence-electron chi connectivity index (χ3n) is 4.95. The summed E-state index contributed by atoms with van der Waals surface area (Å²) in [5, 5.41) is 10.7. The summed E-state index contributed by atoms with van der Waals surface area (Å²) in [5.41, 5.74) is 3.16. The van der Waals surface area contributed by atoms with Gasteiger partial charge >= 0.3 is 0 Å². The van der Waals surface area contributed by atoms with Crippen LogP contribution in [0.5, 0.6) is 0 Å². The maximum atomic E-state index is 12.6. The number of likely N-dealkylation sites (N-methyl/N-ethyl adjacent to an activating group) is 1. The number of benzene rings is 1. The van der Waals surface area contributed by atoms with E-state index in [-0.39, 0.29) is 24.4 Å². The monoisotopic (exact) mass is 369 g/mol. The largest absolute Gasteiger partial charge is 0.331 e. The van der Waals surface area contributed by atoms with Crippen molar-refractivity contribution in [1.82, 2.24) is 20.0 Å². The van der Waals surface area contributed by atoms with Crippen LogP contribution < -0.4 is 10.6 Å².